The Morgan fingerprint density at radius 1 is 1.06 bits per heavy atom. The molecule has 1 unspecified atom stereocenters. The fourth-order valence-corrected chi connectivity index (χ4v) is 3.65. The summed E-state index contributed by atoms with van der Waals surface area (Å²) in [4.78, 5) is 2.64. The lowest BCUT2D eigenvalue weighted by Crippen LogP contribution is -2.38. The molecule has 2 rings (SSSR count). The first-order valence-electron chi connectivity index (χ1n) is 7.35. The van der Waals surface area contributed by atoms with Gasteiger partial charge in [-0.3, -0.25) is 0 Å². The number of nitrogens with zero attached hydrogens (tertiary/aromatic N) is 1. The van der Waals surface area contributed by atoms with Crippen LogP contribution in [0.5, 0.6) is 0 Å². The van der Waals surface area contributed by atoms with E-state index in [9.17, 15) is 5.11 Å². The molecule has 0 aromatic carbocycles. The molecule has 0 radical (unpaired) electrons. The van der Waals surface area contributed by atoms with Crippen molar-refractivity contribution in [2.75, 3.05) is 19.7 Å². The van der Waals surface area contributed by atoms with Crippen LogP contribution < -0.4 is 0 Å². The molecule has 1 aliphatic heterocycles. The summed E-state index contributed by atoms with van der Waals surface area (Å²) in [5.41, 5.74) is 0.490. The summed E-state index contributed by atoms with van der Waals surface area (Å²) < 4.78 is 0. The van der Waals surface area contributed by atoms with E-state index in [-0.39, 0.29) is 0 Å². The summed E-state index contributed by atoms with van der Waals surface area (Å²) in [6.07, 6.45) is 6.75. The molecule has 2 fully saturated rings. The highest BCUT2D eigenvalue weighted by Crippen LogP contribution is 2.39. The van der Waals surface area contributed by atoms with Crippen molar-refractivity contribution in [3.63, 3.8) is 0 Å². The molecule has 0 aromatic heterocycles. The molecule has 2 heteroatoms. The van der Waals surface area contributed by atoms with Crippen LogP contribution in [0, 0.1) is 17.3 Å². The Morgan fingerprint density at radius 2 is 1.71 bits per heavy atom. The topological polar surface area (TPSA) is 23.5 Å². The molecular weight excluding hydrogens is 210 g/mol. The minimum Gasteiger partial charge on any atom is -0.396 e. The van der Waals surface area contributed by atoms with E-state index in [2.05, 4.69) is 25.7 Å². The lowest BCUT2D eigenvalue weighted by atomic mass is 9.71. The van der Waals surface area contributed by atoms with Gasteiger partial charge in [0.2, 0.25) is 0 Å². The molecule has 2 nitrogen and oxygen atoms in total. The zero-order valence-corrected chi connectivity index (χ0v) is 11.8. The Balaban J connectivity index is 1.80. The summed E-state index contributed by atoms with van der Waals surface area (Å²) in [6, 6.07) is 0.810. The van der Waals surface area contributed by atoms with Gasteiger partial charge < -0.3 is 10.0 Å². The van der Waals surface area contributed by atoms with Crippen molar-refractivity contribution in [3.8, 4) is 0 Å². The van der Waals surface area contributed by atoms with Crippen molar-refractivity contribution in [1.29, 1.82) is 0 Å². The van der Waals surface area contributed by atoms with E-state index in [1.54, 1.807) is 0 Å². The van der Waals surface area contributed by atoms with Crippen LogP contribution in [0.15, 0.2) is 0 Å². The zero-order valence-electron chi connectivity index (χ0n) is 11.8. The number of hydrogen-bond donors (Lipinski definition) is 1. The molecule has 1 saturated carbocycles. The van der Waals surface area contributed by atoms with Gasteiger partial charge in [0.1, 0.15) is 0 Å². The molecule has 1 saturated heterocycles. The summed E-state index contributed by atoms with van der Waals surface area (Å²) >= 11 is 0. The first-order chi connectivity index (χ1) is 8.00. The van der Waals surface area contributed by atoms with Crippen LogP contribution in [0.3, 0.4) is 0 Å². The van der Waals surface area contributed by atoms with Crippen LogP contribution in [0.2, 0.25) is 0 Å². The largest absolute Gasteiger partial charge is 0.396 e. The summed E-state index contributed by atoms with van der Waals surface area (Å²) in [6.45, 7) is 9.90. The second-order valence-corrected chi connectivity index (χ2v) is 7.20. The third kappa shape index (κ3) is 3.23. The van der Waals surface area contributed by atoms with E-state index in [0.29, 0.717) is 17.9 Å². The summed E-state index contributed by atoms with van der Waals surface area (Å²) in [7, 11) is 0. The predicted octanol–water partition coefficient (Wildman–Crippen LogP) is 2.91. The monoisotopic (exact) mass is 239 g/mol. The fourth-order valence-electron chi connectivity index (χ4n) is 3.65. The fraction of sp³-hybridized carbons (Fsp3) is 1.00. The first-order valence-corrected chi connectivity index (χ1v) is 7.35. The Morgan fingerprint density at radius 3 is 2.18 bits per heavy atom. The van der Waals surface area contributed by atoms with Crippen LogP contribution >= 0.6 is 0 Å². The van der Waals surface area contributed by atoms with Gasteiger partial charge in [0.15, 0.2) is 0 Å². The van der Waals surface area contributed by atoms with Crippen molar-refractivity contribution >= 4 is 0 Å². The van der Waals surface area contributed by atoms with E-state index in [4.69, 9.17) is 0 Å². The Kier molecular flexibility index (Phi) is 4.14. The minimum atomic E-state index is 0.383. The molecule has 1 atom stereocenters. The average Bonchev–Trinajstić information content (AvgIpc) is 2.76. The van der Waals surface area contributed by atoms with Crippen LogP contribution in [0.25, 0.3) is 0 Å². The smallest absolute Gasteiger partial charge is 0.0471 e. The van der Waals surface area contributed by atoms with E-state index in [1.807, 2.05) is 0 Å². The summed E-state index contributed by atoms with van der Waals surface area (Å²) in [5, 5.41) is 9.20. The normalized spacial score (nSPS) is 36.4. The quantitative estimate of drug-likeness (QED) is 0.801. The Bertz CT molecular complexity index is 238. The first kappa shape index (κ1) is 13.4. The standard InChI is InChI=1S/C15H29NO/c1-15(2,3)13-4-6-14(7-5-13)16-9-8-12(10-16)11-17/h12-14,17H,4-11H2,1-3H3. The molecule has 0 bridgehead atoms. The second-order valence-electron chi connectivity index (χ2n) is 7.20. The van der Waals surface area contributed by atoms with Crippen molar-refractivity contribution < 1.29 is 5.11 Å². The van der Waals surface area contributed by atoms with Gasteiger partial charge >= 0.3 is 0 Å². The molecule has 0 aromatic rings. The molecular formula is C15H29NO. The SMILES string of the molecule is CC(C)(C)C1CCC(N2CCC(CO)C2)CC1. The van der Waals surface area contributed by atoms with E-state index in [1.165, 1.54) is 38.6 Å². The molecule has 1 N–H and O–H groups in total. The van der Waals surface area contributed by atoms with Crippen molar-refractivity contribution in [1.82, 2.24) is 4.90 Å². The lowest BCUT2D eigenvalue weighted by molar-refractivity contribution is 0.105. The highest BCUT2D eigenvalue weighted by atomic mass is 16.3. The zero-order chi connectivity index (χ0) is 12.5. The van der Waals surface area contributed by atoms with Crippen LogP contribution in [0.1, 0.15) is 52.9 Å². The van der Waals surface area contributed by atoms with Gasteiger partial charge in [0.05, 0.1) is 0 Å². The predicted molar refractivity (Wildman–Crippen MR) is 72.0 cm³/mol. The maximum absolute atomic E-state index is 9.20. The maximum Gasteiger partial charge on any atom is 0.0471 e. The molecule has 1 heterocycles. The van der Waals surface area contributed by atoms with Crippen molar-refractivity contribution in [2.45, 2.75) is 58.9 Å². The molecule has 2 aliphatic rings. The third-order valence-corrected chi connectivity index (χ3v) is 5.01. The molecule has 100 valence electrons. The second kappa shape index (κ2) is 5.27. The molecule has 0 spiro atoms. The Hall–Kier alpha value is -0.0800. The van der Waals surface area contributed by atoms with Crippen LogP contribution in [-0.2, 0) is 0 Å². The van der Waals surface area contributed by atoms with Crippen molar-refractivity contribution in [3.05, 3.63) is 0 Å². The average molecular weight is 239 g/mol. The highest BCUT2D eigenvalue weighted by molar-refractivity contribution is 4.87. The Labute approximate surface area is 106 Å². The van der Waals surface area contributed by atoms with E-state index >= 15 is 0 Å². The maximum atomic E-state index is 9.20. The van der Waals surface area contributed by atoms with Gasteiger partial charge in [-0.1, -0.05) is 20.8 Å². The van der Waals surface area contributed by atoms with Gasteiger partial charge in [0.25, 0.3) is 0 Å². The highest BCUT2D eigenvalue weighted by Gasteiger charge is 2.34. The number of hydrogen-bond acceptors (Lipinski definition) is 2. The number of aliphatic hydroxyl groups is 1. The van der Waals surface area contributed by atoms with Gasteiger partial charge in [-0.15, -0.1) is 0 Å². The van der Waals surface area contributed by atoms with Gasteiger partial charge in [-0.25, -0.2) is 0 Å². The number of rotatable bonds is 2. The van der Waals surface area contributed by atoms with E-state index in [0.717, 1.165) is 18.5 Å². The summed E-state index contributed by atoms with van der Waals surface area (Å²) in [5.74, 6) is 1.46. The molecule has 1 aliphatic carbocycles. The van der Waals surface area contributed by atoms with Gasteiger partial charge in [-0.2, -0.15) is 0 Å². The molecule has 17 heavy (non-hydrogen) atoms. The molecule has 0 amide bonds. The van der Waals surface area contributed by atoms with Crippen molar-refractivity contribution in [2.24, 2.45) is 17.3 Å². The lowest BCUT2D eigenvalue weighted by Gasteiger charge is -2.40. The number of likely N-dealkylation sites (tertiary alicyclic amines) is 1. The van der Waals surface area contributed by atoms with Gasteiger partial charge in [-0.05, 0) is 55.9 Å². The minimum absolute atomic E-state index is 0.383. The third-order valence-electron chi connectivity index (χ3n) is 5.01. The van der Waals surface area contributed by atoms with Crippen LogP contribution in [0.4, 0.5) is 0 Å². The van der Waals surface area contributed by atoms with Gasteiger partial charge in [0, 0.05) is 19.2 Å². The number of aliphatic hydroxyl groups excluding tert-OH is 1. The van der Waals surface area contributed by atoms with Crippen LogP contribution in [-0.4, -0.2) is 35.7 Å². The van der Waals surface area contributed by atoms with E-state index < -0.39 is 0 Å².